The van der Waals surface area contributed by atoms with Crippen molar-refractivity contribution < 1.29 is 41.0 Å². The van der Waals surface area contributed by atoms with E-state index in [0.29, 0.717) is 29.4 Å². The first-order valence-electron chi connectivity index (χ1n) is 14.1. The van der Waals surface area contributed by atoms with Crippen LogP contribution >= 0.6 is 35.0 Å². The van der Waals surface area contributed by atoms with E-state index in [0.717, 1.165) is 28.9 Å². The molecule has 3 heterocycles. The van der Waals surface area contributed by atoms with E-state index in [4.69, 9.17) is 32.7 Å². The van der Waals surface area contributed by atoms with E-state index in [-0.39, 0.29) is 45.1 Å². The van der Waals surface area contributed by atoms with Crippen molar-refractivity contribution >= 4 is 56.9 Å². The van der Waals surface area contributed by atoms with Crippen LogP contribution in [0.2, 0.25) is 10.0 Å². The summed E-state index contributed by atoms with van der Waals surface area (Å²) in [6.45, 7) is -2.79. The number of hydrogen-bond acceptors (Lipinski definition) is 9. The van der Waals surface area contributed by atoms with Crippen molar-refractivity contribution in [3.05, 3.63) is 69.7 Å². The van der Waals surface area contributed by atoms with Gasteiger partial charge in [-0.05, 0) is 48.1 Å². The number of nitrogens with zero attached hydrogens (tertiary/aromatic N) is 3. The number of benzene rings is 1. The second-order valence-corrected chi connectivity index (χ2v) is 14.5. The fourth-order valence-corrected chi connectivity index (χ4v) is 8.46. The largest absolute Gasteiger partial charge is 0.489 e. The molecule has 2 fully saturated rings. The molecule has 2 atom stereocenters. The lowest BCUT2D eigenvalue weighted by Gasteiger charge is -2.25. The third kappa shape index (κ3) is 7.71. The van der Waals surface area contributed by atoms with Crippen LogP contribution in [0.3, 0.4) is 0 Å². The fourth-order valence-electron chi connectivity index (χ4n) is 4.82. The average Bonchev–Trinajstić information content (AvgIpc) is 3.53. The molecule has 0 radical (unpaired) electrons. The minimum absolute atomic E-state index is 0.0163. The van der Waals surface area contributed by atoms with Gasteiger partial charge in [0.25, 0.3) is 5.91 Å². The maximum absolute atomic E-state index is 13.8. The number of nitrogens with one attached hydrogen (secondary N) is 1. The van der Waals surface area contributed by atoms with E-state index in [1.807, 2.05) is 0 Å². The molecular formula is C29H30Cl2F2N4O7S2. The van der Waals surface area contributed by atoms with Crippen LogP contribution < -0.4 is 14.8 Å². The molecule has 2 aromatic heterocycles. The van der Waals surface area contributed by atoms with Crippen LogP contribution in [-0.2, 0) is 33.0 Å². The van der Waals surface area contributed by atoms with Crippen molar-refractivity contribution in [2.24, 2.45) is 13.0 Å². The number of aromatic nitrogens is 2. The molecule has 3 aromatic rings. The van der Waals surface area contributed by atoms with E-state index < -0.39 is 40.0 Å². The molecule has 1 saturated carbocycles. The van der Waals surface area contributed by atoms with E-state index in [9.17, 15) is 26.8 Å². The van der Waals surface area contributed by atoms with Gasteiger partial charge in [0.05, 0.1) is 16.7 Å². The Morgan fingerprint density at radius 1 is 1.15 bits per heavy atom. The van der Waals surface area contributed by atoms with Crippen molar-refractivity contribution in [1.82, 2.24) is 19.2 Å². The summed E-state index contributed by atoms with van der Waals surface area (Å²) in [6.07, 6.45) is 4.81. The number of halogens is 4. The Morgan fingerprint density at radius 3 is 2.52 bits per heavy atom. The number of hydrogen-bond donors (Lipinski definition) is 1. The molecule has 1 aromatic carbocycles. The third-order valence-corrected chi connectivity index (χ3v) is 11.2. The first kappa shape index (κ1) is 34.2. The molecule has 0 bridgehead atoms. The molecule has 46 heavy (non-hydrogen) atoms. The van der Waals surface area contributed by atoms with Crippen molar-refractivity contribution in [2.75, 3.05) is 26.0 Å². The Bertz CT molecular complexity index is 1700. The molecule has 1 saturated heterocycles. The summed E-state index contributed by atoms with van der Waals surface area (Å²) in [7, 11) is -1.27. The average molecular weight is 720 g/mol. The Balaban J connectivity index is 1.46. The Kier molecular flexibility index (Phi) is 10.7. The fraction of sp³-hybridized carbons (Fsp3) is 0.414. The number of amides is 1. The topological polar surface area (TPSA) is 129 Å². The SMILES string of the molecule is CNC(=O)c1cc(S(=O)(=O)N2CCSC2C(=O)OC(Cc2c(Cl)cncc2Cl)c2ccc(OC(F)F)c(OCC3CC3)c2)cn1C. The molecule has 0 spiro atoms. The minimum atomic E-state index is -4.23. The highest BCUT2D eigenvalue weighted by molar-refractivity contribution is 8.02. The molecule has 1 N–H and O–H groups in total. The van der Waals surface area contributed by atoms with E-state index >= 15 is 0 Å². The third-order valence-electron chi connectivity index (χ3n) is 7.42. The summed E-state index contributed by atoms with van der Waals surface area (Å²) in [5.41, 5.74) is 0.872. The van der Waals surface area contributed by atoms with Gasteiger partial charge in [-0.25, -0.2) is 13.2 Å². The number of pyridine rings is 1. The zero-order chi connectivity index (χ0) is 33.2. The van der Waals surface area contributed by atoms with Crippen LogP contribution in [0.1, 0.15) is 40.6 Å². The van der Waals surface area contributed by atoms with Gasteiger partial charge >= 0.3 is 12.6 Å². The molecular weight excluding hydrogens is 689 g/mol. The van der Waals surface area contributed by atoms with Gasteiger partial charge in [-0.2, -0.15) is 13.1 Å². The number of esters is 1. The van der Waals surface area contributed by atoms with Crippen molar-refractivity contribution in [3.8, 4) is 11.5 Å². The van der Waals surface area contributed by atoms with E-state index in [1.165, 1.54) is 61.5 Å². The second-order valence-electron chi connectivity index (χ2n) is 10.6. The van der Waals surface area contributed by atoms with Crippen molar-refractivity contribution in [2.45, 2.75) is 42.2 Å². The van der Waals surface area contributed by atoms with Crippen LogP contribution in [0.15, 0.2) is 47.8 Å². The predicted molar refractivity (Wildman–Crippen MR) is 167 cm³/mol. The number of carbonyl (C=O) groups excluding carboxylic acids is 2. The Hall–Kier alpha value is -3.11. The normalized spacial score (nSPS) is 17.6. The first-order chi connectivity index (χ1) is 21.9. The monoisotopic (exact) mass is 718 g/mol. The molecule has 1 amide bonds. The summed E-state index contributed by atoms with van der Waals surface area (Å²) < 4.78 is 72.6. The van der Waals surface area contributed by atoms with Crippen molar-refractivity contribution in [1.29, 1.82) is 0 Å². The lowest BCUT2D eigenvalue weighted by atomic mass is 10.0. The highest BCUT2D eigenvalue weighted by atomic mass is 35.5. The molecule has 248 valence electrons. The summed E-state index contributed by atoms with van der Waals surface area (Å²) in [4.78, 5) is 29.8. The number of ether oxygens (including phenoxy) is 3. The molecule has 11 nitrogen and oxygen atoms in total. The Labute approximate surface area is 278 Å². The summed E-state index contributed by atoms with van der Waals surface area (Å²) in [5, 5.41) is 1.60. The lowest BCUT2D eigenvalue weighted by Crippen LogP contribution is -2.40. The van der Waals surface area contributed by atoms with Crippen molar-refractivity contribution in [3.63, 3.8) is 0 Å². The highest BCUT2D eigenvalue weighted by Gasteiger charge is 2.43. The number of alkyl halides is 2. The van der Waals surface area contributed by atoms with Gasteiger partial charge in [-0.3, -0.25) is 9.78 Å². The smallest absolute Gasteiger partial charge is 0.387 e. The second kappa shape index (κ2) is 14.3. The molecule has 1 aliphatic heterocycles. The Morgan fingerprint density at radius 2 is 1.87 bits per heavy atom. The maximum Gasteiger partial charge on any atom is 0.387 e. The zero-order valence-electron chi connectivity index (χ0n) is 24.6. The summed E-state index contributed by atoms with van der Waals surface area (Å²) >= 11 is 13.9. The standard InChI is InChI=1S/C29H30Cl2F2N4O7S2/c1-34-26(38)22-10-18(14-36(22)2)46(40,41)37-7-8-45-27(37)28(39)43-24(11-19-20(30)12-35-13-21(19)31)17-5-6-23(44-29(32)33)25(9-17)42-15-16-3-4-16/h5-6,9-10,12-14,16,24,27,29H,3-4,7-8,11,15H2,1-2H3,(H,34,38). The number of sulfonamides is 1. The highest BCUT2D eigenvalue weighted by Crippen LogP contribution is 2.39. The van der Waals surface area contributed by atoms with Gasteiger partial charge in [-0.15, -0.1) is 11.8 Å². The lowest BCUT2D eigenvalue weighted by molar-refractivity contribution is -0.150. The first-order valence-corrected chi connectivity index (χ1v) is 17.3. The van der Waals surface area contributed by atoms with Gasteiger partial charge in [0.1, 0.15) is 16.7 Å². The van der Waals surface area contributed by atoms with Gasteiger partial charge in [-0.1, -0.05) is 29.3 Å². The van der Waals surface area contributed by atoms with Crippen LogP contribution in [0.5, 0.6) is 11.5 Å². The van der Waals surface area contributed by atoms with Crippen LogP contribution in [0, 0.1) is 5.92 Å². The van der Waals surface area contributed by atoms with Gasteiger partial charge in [0.15, 0.2) is 16.9 Å². The quantitative estimate of drug-likeness (QED) is 0.241. The summed E-state index contributed by atoms with van der Waals surface area (Å²) in [5.74, 6) is -0.888. The number of thioether (sulfide) groups is 1. The van der Waals surface area contributed by atoms with Crippen LogP contribution in [0.4, 0.5) is 8.78 Å². The molecule has 5 rings (SSSR count). The molecule has 2 unspecified atom stereocenters. The van der Waals surface area contributed by atoms with Gasteiger partial charge < -0.3 is 24.1 Å². The van der Waals surface area contributed by atoms with Crippen LogP contribution in [0.25, 0.3) is 0 Å². The van der Waals surface area contributed by atoms with E-state index in [1.54, 1.807) is 0 Å². The molecule has 1 aliphatic carbocycles. The number of carbonyl (C=O) groups is 2. The van der Waals surface area contributed by atoms with Gasteiger partial charge in [0.2, 0.25) is 10.0 Å². The maximum atomic E-state index is 13.8. The van der Waals surface area contributed by atoms with Crippen LogP contribution in [-0.4, -0.2) is 72.1 Å². The molecule has 2 aliphatic rings. The summed E-state index contributed by atoms with van der Waals surface area (Å²) in [6, 6.07) is 5.42. The molecule has 17 heteroatoms. The zero-order valence-corrected chi connectivity index (χ0v) is 27.8. The number of aryl methyl sites for hydroxylation is 1. The number of rotatable bonds is 13. The van der Waals surface area contributed by atoms with Gasteiger partial charge in [0, 0.05) is 51.4 Å². The predicted octanol–water partition coefficient (Wildman–Crippen LogP) is 5.07. The van der Waals surface area contributed by atoms with E-state index in [2.05, 4.69) is 15.0 Å². The minimum Gasteiger partial charge on any atom is -0.489 e.